The molecule has 0 fully saturated rings. The zero-order valence-corrected chi connectivity index (χ0v) is 16.1. The zero-order chi connectivity index (χ0) is 16.1. The monoisotopic (exact) mass is 441 g/mol. The molecule has 2 atom stereocenters. The number of ether oxygens (including phenoxy) is 1. The summed E-state index contributed by atoms with van der Waals surface area (Å²) in [6.45, 7) is 4.34. The molecule has 1 aliphatic heterocycles. The van der Waals surface area contributed by atoms with Crippen LogP contribution in [0.3, 0.4) is 0 Å². The van der Waals surface area contributed by atoms with E-state index in [0.717, 1.165) is 24.3 Å². The summed E-state index contributed by atoms with van der Waals surface area (Å²) in [5.74, 6) is 1.78. The van der Waals surface area contributed by atoms with Crippen molar-refractivity contribution >= 4 is 29.9 Å². The number of hydrogen-bond acceptors (Lipinski definition) is 3. The zero-order valence-electron chi connectivity index (χ0n) is 13.8. The highest BCUT2D eigenvalue weighted by atomic mass is 127. The van der Waals surface area contributed by atoms with E-state index < -0.39 is 0 Å². The number of rotatable bonds is 5. The number of guanidine groups is 1. The second-order valence-corrected chi connectivity index (χ2v) is 5.93. The number of hydrogen-bond donors (Lipinski definition) is 2. The van der Waals surface area contributed by atoms with Crippen molar-refractivity contribution in [2.24, 2.45) is 16.6 Å². The van der Waals surface area contributed by atoms with Crippen molar-refractivity contribution in [3.63, 3.8) is 0 Å². The minimum atomic E-state index is 0. The van der Waals surface area contributed by atoms with Crippen molar-refractivity contribution in [3.05, 3.63) is 48.3 Å². The van der Waals surface area contributed by atoms with Gasteiger partial charge in [0.05, 0.1) is 12.6 Å². The van der Waals surface area contributed by atoms with Crippen LogP contribution in [0.15, 0.2) is 47.7 Å². The Labute approximate surface area is 159 Å². The van der Waals surface area contributed by atoms with Crippen LogP contribution >= 0.6 is 24.0 Å². The summed E-state index contributed by atoms with van der Waals surface area (Å²) in [6, 6.07) is 10.1. The fraction of sp³-hybridized carbons (Fsp3) is 0.412. The highest BCUT2D eigenvalue weighted by molar-refractivity contribution is 14.0. The molecule has 3 N–H and O–H groups in total. The SMILES string of the molecule is CC(CN=C(N)NC1CCOc2ccccc21)Cn1cccn1.I. The molecule has 0 radical (unpaired) electrons. The molecule has 1 aromatic heterocycles. The topological polar surface area (TPSA) is 77.5 Å². The molecule has 3 rings (SSSR count). The van der Waals surface area contributed by atoms with Crippen molar-refractivity contribution in [2.75, 3.05) is 13.2 Å². The Morgan fingerprint density at radius 3 is 3.08 bits per heavy atom. The number of nitrogens with one attached hydrogen (secondary N) is 1. The third kappa shape index (κ3) is 4.86. The van der Waals surface area contributed by atoms with Crippen LogP contribution < -0.4 is 15.8 Å². The summed E-state index contributed by atoms with van der Waals surface area (Å²) in [5, 5.41) is 7.52. The van der Waals surface area contributed by atoms with E-state index in [2.05, 4.69) is 28.4 Å². The summed E-state index contributed by atoms with van der Waals surface area (Å²) >= 11 is 0. The average Bonchev–Trinajstić information content (AvgIpc) is 3.06. The van der Waals surface area contributed by atoms with Crippen LogP contribution in [0.5, 0.6) is 5.75 Å². The third-order valence-corrected chi connectivity index (χ3v) is 3.91. The molecule has 0 aliphatic carbocycles. The number of nitrogens with zero attached hydrogens (tertiary/aromatic N) is 3. The van der Waals surface area contributed by atoms with E-state index in [-0.39, 0.29) is 30.0 Å². The van der Waals surface area contributed by atoms with Crippen molar-refractivity contribution in [1.82, 2.24) is 15.1 Å². The lowest BCUT2D eigenvalue weighted by atomic mass is 10.0. The van der Waals surface area contributed by atoms with Crippen LogP contribution in [-0.4, -0.2) is 28.9 Å². The molecule has 2 heterocycles. The first kappa shape index (κ1) is 18.6. The Kier molecular flexibility index (Phi) is 6.89. The molecular formula is C17H24IN5O. The van der Waals surface area contributed by atoms with Gasteiger partial charge in [0.15, 0.2) is 5.96 Å². The Morgan fingerprint density at radius 2 is 2.29 bits per heavy atom. The maximum absolute atomic E-state index is 6.06. The van der Waals surface area contributed by atoms with Gasteiger partial charge in [0.25, 0.3) is 0 Å². The second kappa shape index (κ2) is 8.91. The van der Waals surface area contributed by atoms with Crippen molar-refractivity contribution in [1.29, 1.82) is 0 Å². The summed E-state index contributed by atoms with van der Waals surface area (Å²) in [4.78, 5) is 4.47. The Hall–Kier alpha value is -1.77. The number of aromatic nitrogens is 2. The first-order chi connectivity index (χ1) is 11.2. The molecule has 1 aliphatic rings. The molecule has 2 aromatic rings. The van der Waals surface area contributed by atoms with Gasteiger partial charge in [-0.3, -0.25) is 9.67 Å². The van der Waals surface area contributed by atoms with E-state index in [4.69, 9.17) is 10.5 Å². The molecule has 1 aromatic carbocycles. The van der Waals surface area contributed by atoms with Gasteiger partial charge < -0.3 is 15.8 Å². The molecule has 130 valence electrons. The van der Waals surface area contributed by atoms with Gasteiger partial charge in [-0.25, -0.2) is 0 Å². The third-order valence-electron chi connectivity index (χ3n) is 3.91. The quantitative estimate of drug-likeness (QED) is 0.425. The fourth-order valence-corrected chi connectivity index (χ4v) is 2.76. The molecule has 2 unspecified atom stereocenters. The summed E-state index contributed by atoms with van der Waals surface area (Å²) in [7, 11) is 0. The molecule has 6 nitrogen and oxygen atoms in total. The molecule has 0 amide bonds. The number of halogens is 1. The van der Waals surface area contributed by atoms with Crippen molar-refractivity contribution < 1.29 is 4.74 Å². The van der Waals surface area contributed by atoms with Gasteiger partial charge in [-0.2, -0.15) is 5.10 Å². The molecule has 0 bridgehead atoms. The van der Waals surface area contributed by atoms with E-state index >= 15 is 0 Å². The number of aliphatic imine (C=N–C) groups is 1. The predicted octanol–water partition coefficient (Wildman–Crippen LogP) is 2.57. The smallest absolute Gasteiger partial charge is 0.189 e. The second-order valence-electron chi connectivity index (χ2n) is 5.93. The van der Waals surface area contributed by atoms with E-state index in [1.165, 1.54) is 0 Å². The first-order valence-corrected chi connectivity index (χ1v) is 7.98. The van der Waals surface area contributed by atoms with Crippen LogP contribution in [0.1, 0.15) is 24.9 Å². The predicted molar refractivity (Wildman–Crippen MR) is 106 cm³/mol. The van der Waals surface area contributed by atoms with Gasteiger partial charge >= 0.3 is 0 Å². The van der Waals surface area contributed by atoms with Crippen LogP contribution in [-0.2, 0) is 6.54 Å². The summed E-state index contributed by atoms with van der Waals surface area (Å²) in [6.07, 6.45) is 4.63. The van der Waals surface area contributed by atoms with E-state index in [1.807, 2.05) is 35.1 Å². The van der Waals surface area contributed by atoms with E-state index in [1.54, 1.807) is 6.20 Å². The summed E-state index contributed by atoms with van der Waals surface area (Å²) in [5.41, 5.74) is 7.20. The molecule has 24 heavy (non-hydrogen) atoms. The van der Waals surface area contributed by atoms with Gasteiger partial charge in [-0.05, 0) is 18.1 Å². The number of nitrogens with two attached hydrogens (primary N) is 1. The average molecular weight is 441 g/mol. The summed E-state index contributed by atoms with van der Waals surface area (Å²) < 4.78 is 7.58. The van der Waals surface area contributed by atoms with Crippen molar-refractivity contribution in [3.8, 4) is 5.75 Å². The number of para-hydroxylation sites is 1. The maximum atomic E-state index is 6.06. The maximum Gasteiger partial charge on any atom is 0.189 e. The lowest BCUT2D eigenvalue weighted by Crippen LogP contribution is -2.37. The Balaban J connectivity index is 0.00000208. The van der Waals surface area contributed by atoms with Crippen LogP contribution in [0, 0.1) is 5.92 Å². The van der Waals surface area contributed by atoms with Gasteiger partial charge in [0, 0.05) is 37.5 Å². The number of fused-ring (bicyclic) bond motifs is 1. The standard InChI is InChI=1S/C17H23N5O.HI/c1-13(12-22-9-4-8-20-22)11-19-17(18)21-15-7-10-23-16-6-3-2-5-14(15)16;/h2-6,8-9,13,15H,7,10-12H2,1H3,(H3,18,19,21);1H. The van der Waals surface area contributed by atoms with Crippen molar-refractivity contribution in [2.45, 2.75) is 25.9 Å². The van der Waals surface area contributed by atoms with Gasteiger partial charge in [-0.1, -0.05) is 25.1 Å². The normalized spacial score (nSPS) is 18.0. The Bertz CT molecular complexity index is 659. The molecule has 0 saturated carbocycles. The highest BCUT2D eigenvalue weighted by Crippen LogP contribution is 2.31. The van der Waals surface area contributed by atoms with Gasteiger partial charge in [0.1, 0.15) is 5.75 Å². The molecule has 0 spiro atoms. The minimum Gasteiger partial charge on any atom is -0.493 e. The Morgan fingerprint density at radius 1 is 1.46 bits per heavy atom. The molecule has 0 saturated heterocycles. The first-order valence-electron chi connectivity index (χ1n) is 7.98. The van der Waals surface area contributed by atoms with Crippen LogP contribution in [0.25, 0.3) is 0 Å². The van der Waals surface area contributed by atoms with Crippen LogP contribution in [0.2, 0.25) is 0 Å². The number of benzene rings is 1. The minimum absolute atomic E-state index is 0. The van der Waals surface area contributed by atoms with Gasteiger partial charge in [0.2, 0.25) is 0 Å². The fourth-order valence-electron chi connectivity index (χ4n) is 2.76. The van der Waals surface area contributed by atoms with Crippen LogP contribution in [0.4, 0.5) is 0 Å². The highest BCUT2D eigenvalue weighted by Gasteiger charge is 2.21. The van der Waals surface area contributed by atoms with E-state index in [9.17, 15) is 0 Å². The molecule has 7 heteroatoms. The largest absolute Gasteiger partial charge is 0.493 e. The lowest BCUT2D eigenvalue weighted by Gasteiger charge is -2.27. The van der Waals surface area contributed by atoms with Gasteiger partial charge in [-0.15, -0.1) is 24.0 Å². The lowest BCUT2D eigenvalue weighted by molar-refractivity contribution is 0.262. The van der Waals surface area contributed by atoms with E-state index in [0.29, 0.717) is 25.0 Å². The molecular weight excluding hydrogens is 417 g/mol.